The van der Waals surface area contributed by atoms with E-state index in [1.807, 2.05) is 0 Å². The lowest BCUT2D eigenvalue weighted by molar-refractivity contribution is 0.299. The molecule has 0 saturated heterocycles. The van der Waals surface area contributed by atoms with Gasteiger partial charge in [0.2, 0.25) is 0 Å². The van der Waals surface area contributed by atoms with Crippen LogP contribution in [0.2, 0.25) is 0 Å². The fourth-order valence-electron chi connectivity index (χ4n) is 3.60. The molecule has 1 nitrogen and oxygen atoms in total. The molecule has 0 aliphatic heterocycles. The van der Waals surface area contributed by atoms with Crippen LogP contribution in [-0.4, -0.2) is 11.7 Å². The van der Waals surface area contributed by atoms with Crippen molar-refractivity contribution < 1.29 is 5.11 Å². The molecule has 0 unspecified atom stereocenters. The molecule has 0 amide bonds. The van der Waals surface area contributed by atoms with E-state index in [4.69, 9.17) is 0 Å². The minimum absolute atomic E-state index is 0.115. The Bertz CT molecular complexity index is 770. The highest BCUT2D eigenvalue weighted by molar-refractivity contribution is 5.79. The average molecular weight is 322 g/mol. The second-order valence-corrected chi connectivity index (χ2v) is 9.18. The van der Waals surface area contributed by atoms with Gasteiger partial charge in [-0.05, 0) is 62.6 Å². The van der Waals surface area contributed by atoms with Crippen LogP contribution in [0.3, 0.4) is 0 Å². The molecule has 0 spiro atoms. The van der Waals surface area contributed by atoms with Crippen LogP contribution in [0.5, 0.6) is 0 Å². The van der Waals surface area contributed by atoms with Crippen LogP contribution < -0.4 is 0 Å². The van der Waals surface area contributed by atoms with Crippen LogP contribution in [0, 0.1) is 0 Å². The molecule has 1 aliphatic carbocycles. The van der Waals surface area contributed by atoms with E-state index < -0.39 is 0 Å². The van der Waals surface area contributed by atoms with Crippen molar-refractivity contribution in [2.24, 2.45) is 0 Å². The Labute approximate surface area is 146 Å². The lowest BCUT2D eigenvalue weighted by Crippen LogP contribution is -2.13. The number of aliphatic hydroxyl groups excluding tert-OH is 1. The van der Waals surface area contributed by atoms with Crippen molar-refractivity contribution in [2.75, 3.05) is 6.61 Å². The normalized spacial score (nSPS) is 13.8. The first kappa shape index (κ1) is 17.2. The first-order valence-corrected chi connectivity index (χ1v) is 9.02. The second kappa shape index (κ2) is 5.74. The van der Waals surface area contributed by atoms with E-state index in [0.717, 1.165) is 12.8 Å². The molecule has 3 rings (SSSR count). The molecule has 0 bridgehead atoms. The number of benzene rings is 2. The minimum atomic E-state index is 0.115. The maximum absolute atomic E-state index is 9.51. The summed E-state index contributed by atoms with van der Waals surface area (Å²) in [6, 6.07) is 11.7. The maximum Gasteiger partial charge on any atom is 0.0471 e. The molecule has 1 N–H and O–H groups in total. The van der Waals surface area contributed by atoms with Crippen LogP contribution in [-0.2, 0) is 23.7 Å². The summed E-state index contributed by atoms with van der Waals surface area (Å²) in [7, 11) is 0. The van der Waals surface area contributed by atoms with Gasteiger partial charge in [0.25, 0.3) is 0 Å². The Balaban J connectivity index is 2.21. The van der Waals surface area contributed by atoms with Gasteiger partial charge in [-0.1, -0.05) is 71.9 Å². The SMILES string of the molecule is CC(C)(C)c1ccc2c(c1)-c1cc(C(C)(C)C)cc(CCO)c1C2. The van der Waals surface area contributed by atoms with Crippen LogP contribution >= 0.6 is 0 Å². The monoisotopic (exact) mass is 322 g/mol. The summed E-state index contributed by atoms with van der Waals surface area (Å²) < 4.78 is 0. The van der Waals surface area contributed by atoms with Crippen molar-refractivity contribution in [3.63, 3.8) is 0 Å². The summed E-state index contributed by atoms with van der Waals surface area (Å²) in [5.74, 6) is 0. The van der Waals surface area contributed by atoms with Gasteiger partial charge >= 0.3 is 0 Å². The van der Waals surface area contributed by atoms with Crippen LogP contribution in [0.15, 0.2) is 30.3 Å². The van der Waals surface area contributed by atoms with E-state index in [9.17, 15) is 5.11 Å². The van der Waals surface area contributed by atoms with E-state index >= 15 is 0 Å². The quantitative estimate of drug-likeness (QED) is 0.671. The van der Waals surface area contributed by atoms with E-state index in [2.05, 4.69) is 71.9 Å². The number of fused-ring (bicyclic) bond motifs is 3. The van der Waals surface area contributed by atoms with E-state index in [1.165, 1.54) is 38.9 Å². The van der Waals surface area contributed by atoms with Gasteiger partial charge < -0.3 is 5.11 Å². The van der Waals surface area contributed by atoms with Crippen LogP contribution in [0.25, 0.3) is 11.1 Å². The summed E-state index contributed by atoms with van der Waals surface area (Å²) in [4.78, 5) is 0. The van der Waals surface area contributed by atoms with Crippen molar-refractivity contribution in [2.45, 2.75) is 65.2 Å². The number of rotatable bonds is 2. The molecule has 24 heavy (non-hydrogen) atoms. The van der Waals surface area contributed by atoms with Gasteiger partial charge in [-0.25, -0.2) is 0 Å². The molecular weight excluding hydrogens is 292 g/mol. The Morgan fingerprint density at radius 2 is 1.46 bits per heavy atom. The number of hydrogen-bond acceptors (Lipinski definition) is 1. The van der Waals surface area contributed by atoms with Crippen molar-refractivity contribution in [1.29, 1.82) is 0 Å². The van der Waals surface area contributed by atoms with Crippen LogP contribution in [0.4, 0.5) is 0 Å². The Morgan fingerprint density at radius 1 is 0.833 bits per heavy atom. The van der Waals surface area contributed by atoms with Gasteiger partial charge in [0.1, 0.15) is 0 Å². The molecule has 0 saturated carbocycles. The highest BCUT2D eigenvalue weighted by atomic mass is 16.2. The predicted octanol–water partition coefficient (Wildman–Crippen LogP) is 5.39. The zero-order valence-electron chi connectivity index (χ0n) is 16.0. The van der Waals surface area contributed by atoms with Crippen molar-refractivity contribution >= 4 is 0 Å². The highest BCUT2D eigenvalue weighted by Crippen LogP contribution is 2.42. The lowest BCUT2D eigenvalue weighted by atomic mass is 9.82. The third-order valence-corrected chi connectivity index (χ3v) is 5.22. The highest BCUT2D eigenvalue weighted by Gasteiger charge is 2.26. The molecule has 1 heteroatoms. The molecule has 128 valence electrons. The third-order valence-electron chi connectivity index (χ3n) is 5.22. The van der Waals surface area contributed by atoms with Gasteiger partial charge in [0.05, 0.1) is 0 Å². The zero-order chi connectivity index (χ0) is 17.7. The molecule has 0 fully saturated rings. The van der Waals surface area contributed by atoms with E-state index in [0.29, 0.717) is 0 Å². The van der Waals surface area contributed by atoms with Gasteiger partial charge in [-0.3, -0.25) is 0 Å². The summed E-state index contributed by atoms with van der Waals surface area (Å²) in [6.07, 6.45) is 1.74. The third kappa shape index (κ3) is 3.02. The second-order valence-electron chi connectivity index (χ2n) is 9.18. The number of aliphatic hydroxyl groups is 1. The molecule has 0 atom stereocenters. The summed E-state index contributed by atoms with van der Waals surface area (Å²) in [5, 5.41) is 9.51. The van der Waals surface area contributed by atoms with Gasteiger partial charge in [-0.15, -0.1) is 0 Å². The van der Waals surface area contributed by atoms with Crippen molar-refractivity contribution in [1.82, 2.24) is 0 Å². The van der Waals surface area contributed by atoms with Gasteiger partial charge in [0.15, 0.2) is 0 Å². The van der Waals surface area contributed by atoms with E-state index in [-0.39, 0.29) is 17.4 Å². The Hall–Kier alpha value is -1.60. The maximum atomic E-state index is 9.51. The largest absolute Gasteiger partial charge is 0.396 e. The standard InChI is InChI=1S/C23H30O/c1-22(2,3)17-8-7-15-12-19-16(9-10-24)11-18(23(4,5)6)14-21(19)20(15)13-17/h7-8,11,13-14,24H,9-10,12H2,1-6H3. The van der Waals surface area contributed by atoms with Gasteiger partial charge in [-0.2, -0.15) is 0 Å². The Kier molecular flexibility index (Phi) is 4.12. The van der Waals surface area contributed by atoms with Gasteiger partial charge in [0, 0.05) is 6.61 Å². The zero-order valence-corrected chi connectivity index (χ0v) is 16.0. The Morgan fingerprint density at radius 3 is 2.04 bits per heavy atom. The number of hydrogen-bond donors (Lipinski definition) is 1. The smallest absolute Gasteiger partial charge is 0.0471 e. The molecule has 0 radical (unpaired) electrons. The molecule has 0 heterocycles. The minimum Gasteiger partial charge on any atom is -0.396 e. The molecule has 0 aromatic heterocycles. The predicted molar refractivity (Wildman–Crippen MR) is 103 cm³/mol. The van der Waals surface area contributed by atoms with Crippen molar-refractivity contribution in [3.8, 4) is 11.1 Å². The fourth-order valence-corrected chi connectivity index (χ4v) is 3.60. The van der Waals surface area contributed by atoms with Crippen LogP contribution in [0.1, 0.15) is 69.4 Å². The summed E-state index contributed by atoms with van der Waals surface area (Å²) in [5.41, 5.74) is 9.94. The fraction of sp³-hybridized carbons (Fsp3) is 0.478. The summed E-state index contributed by atoms with van der Waals surface area (Å²) in [6.45, 7) is 13.8. The lowest BCUT2D eigenvalue weighted by Gasteiger charge is -2.23. The average Bonchev–Trinajstić information content (AvgIpc) is 2.84. The van der Waals surface area contributed by atoms with Crippen molar-refractivity contribution in [3.05, 3.63) is 58.1 Å². The molecule has 1 aliphatic rings. The first-order valence-electron chi connectivity index (χ1n) is 9.02. The van der Waals surface area contributed by atoms with E-state index in [1.54, 1.807) is 0 Å². The molecule has 2 aromatic carbocycles. The topological polar surface area (TPSA) is 20.2 Å². The molecule has 2 aromatic rings. The first-order chi connectivity index (χ1) is 11.1. The summed E-state index contributed by atoms with van der Waals surface area (Å²) >= 11 is 0. The molecular formula is C23H30O.